The van der Waals surface area contributed by atoms with E-state index in [4.69, 9.17) is 4.74 Å². The highest BCUT2D eigenvalue weighted by molar-refractivity contribution is 7.13. The van der Waals surface area contributed by atoms with Crippen molar-refractivity contribution in [2.24, 2.45) is 0 Å². The maximum Gasteiger partial charge on any atom is 0.276 e. The van der Waals surface area contributed by atoms with E-state index in [0.717, 1.165) is 21.7 Å². The third-order valence-electron chi connectivity index (χ3n) is 3.86. The number of hydrazine groups is 1. The van der Waals surface area contributed by atoms with Gasteiger partial charge in [-0.1, -0.05) is 35.9 Å². The number of aromatic nitrogens is 1. The van der Waals surface area contributed by atoms with Crippen LogP contribution in [0.1, 0.15) is 16.8 Å². The number of carbonyl (C=O) groups excluding carboxylic acids is 2. The van der Waals surface area contributed by atoms with Crippen LogP contribution in [0, 0.1) is 13.8 Å². The lowest BCUT2D eigenvalue weighted by molar-refractivity contribution is -0.129. The Morgan fingerprint density at radius 1 is 1.00 bits per heavy atom. The second-order valence-corrected chi connectivity index (χ2v) is 7.25. The molecule has 0 saturated carbocycles. The molecule has 0 spiro atoms. The smallest absolute Gasteiger partial charge is 0.276 e. The lowest BCUT2D eigenvalue weighted by Crippen LogP contribution is -2.44. The number of thiazole rings is 1. The summed E-state index contributed by atoms with van der Waals surface area (Å²) in [6.07, 6.45) is 0.0847. The Bertz CT molecular complexity index is 984. The standard InChI is InChI=1S/C21H21N3O3S/c1-14-5-3-7-16(9-14)21-22-17(13-28-21)11-19(25)23-24-20(26)12-27-18-8-4-6-15(2)10-18/h3-10,13H,11-12H2,1-2H3,(H,23,25)(H,24,26). The zero-order chi connectivity index (χ0) is 19.9. The van der Waals surface area contributed by atoms with Gasteiger partial charge in [-0.2, -0.15) is 0 Å². The van der Waals surface area contributed by atoms with Gasteiger partial charge in [0.1, 0.15) is 10.8 Å². The maximum atomic E-state index is 12.0. The zero-order valence-corrected chi connectivity index (χ0v) is 16.5. The van der Waals surface area contributed by atoms with Crippen LogP contribution in [-0.4, -0.2) is 23.4 Å². The van der Waals surface area contributed by atoms with Crippen molar-refractivity contribution in [2.75, 3.05) is 6.61 Å². The fourth-order valence-electron chi connectivity index (χ4n) is 2.54. The molecule has 28 heavy (non-hydrogen) atoms. The molecule has 0 aliphatic carbocycles. The average molecular weight is 395 g/mol. The van der Waals surface area contributed by atoms with Crippen LogP contribution in [0.25, 0.3) is 10.6 Å². The van der Waals surface area contributed by atoms with Crippen LogP contribution in [0.15, 0.2) is 53.9 Å². The van der Waals surface area contributed by atoms with Crippen molar-refractivity contribution < 1.29 is 14.3 Å². The highest BCUT2D eigenvalue weighted by Crippen LogP contribution is 2.24. The molecule has 2 aromatic carbocycles. The molecule has 3 rings (SSSR count). The Balaban J connectivity index is 1.45. The summed E-state index contributed by atoms with van der Waals surface area (Å²) >= 11 is 1.49. The Morgan fingerprint density at radius 2 is 1.71 bits per heavy atom. The summed E-state index contributed by atoms with van der Waals surface area (Å²) in [6, 6.07) is 15.4. The molecule has 3 aromatic rings. The third-order valence-corrected chi connectivity index (χ3v) is 4.80. The number of aryl methyl sites for hydroxylation is 2. The fourth-order valence-corrected chi connectivity index (χ4v) is 3.35. The first-order valence-electron chi connectivity index (χ1n) is 8.78. The van der Waals surface area contributed by atoms with E-state index in [0.29, 0.717) is 11.4 Å². The van der Waals surface area contributed by atoms with E-state index in [9.17, 15) is 9.59 Å². The Morgan fingerprint density at radius 3 is 2.46 bits per heavy atom. The minimum Gasteiger partial charge on any atom is -0.484 e. The predicted molar refractivity (Wildman–Crippen MR) is 109 cm³/mol. The number of amides is 2. The quantitative estimate of drug-likeness (QED) is 0.628. The van der Waals surface area contributed by atoms with Crippen LogP contribution in [0.4, 0.5) is 0 Å². The van der Waals surface area contributed by atoms with Crippen molar-refractivity contribution in [1.82, 2.24) is 15.8 Å². The Labute approximate surface area is 167 Å². The van der Waals surface area contributed by atoms with Gasteiger partial charge in [0.2, 0.25) is 5.91 Å². The molecule has 7 heteroatoms. The van der Waals surface area contributed by atoms with E-state index in [1.54, 1.807) is 6.07 Å². The molecule has 0 aliphatic rings. The average Bonchev–Trinajstić information content (AvgIpc) is 3.13. The number of hydrogen-bond acceptors (Lipinski definition) is 5. The van der Waals surface area contributed by atoms with Gasteiger partial charge in [-0.3, -0.25) is 20.4 Å². The number of hydrogen-bond donors (Lipinski definition) is 2. The second kappa shape index (κ2) is 9.14. The monoisotopic (exact) mass is 395 g/mol. The highest BCUT2D eigenvalue weighted by Gasteiger charge is 2.10. The molecule has 144 valence electrons. The normalized spacial score (nSPS) is 10.4. The van der Waals surface area contributed by atoms with Gasteiger partial charge in [0, 0.05) is 10.9 Å². The Hall–Kier alpha value is -3.19. The molecule has 0 aliphatic heterocycles. The molecule has 0 radical (unpaired) electrons. The molecule has 6 nitrogen and oxygen atoms in total. The van der Waals surface area contributed by atoms with Crippen LogP contribution < -0.4 is 15.6 Å². The van der Waals surface area contributed by atoms with Gasteiger partial charge in [-0.05, 0) is 37.6 Å². The van der Waals surface area contributed by atoms with Gasteiger partial charge in [-0.25, -0.2) is 4.98 Å². The maximum absolute atomic E-state index is 12.0. The number of ether oxygens (including phenoxy) is 1. The summed E-state index contributed by atoms with van der Waals surface area (Å²) in [5, 5.41) is 2.71. The van der Waals surface area contributed by atoms with E-state index in [2.05, 4.69) is 21.9 Å². The molecule has 0 unspecified atom stereocenters. The van der Waals surface area contributed by atoms with Gasteiger partial charge >= 0.3 is 0 Å². The third kappa shape index (κ3) is 5.65. The topological polar surface area (TPSA) is 80.3 Å². The number of nitrogens with zero attached hydrogens (tertiary/aromatic N) is 1. The molecule has 2 amide bonds. The van der Waals surface area contributed by atoms with Crippen molar-refractivity contribution in [3.05, 3.63) is 70.7 Å². The minimum atomic E-state index is -0.436. The van der Waals surface area contributed by atoms with E-state index >= 15 is 0 Å². The van der Waals surface area contributed by atoms with E-state index in [-0.39, 0.29) is 18.9 Å². The summed E-state index contributed by atoms with van der Waals surface area (Å²) in [5.74, 6) is -0.175. The molecule has 0 bridgehead atoms. The van der Waals surface area contributed by atoms with Crippen molar-refractivity contribution in [3.8, 4) is 16.3 Å². The van der Waals surface area contributed by atoms with Crippen LogP contribution in [0.3, 0.4) is 0 Å². The first kappa shape index (κ1) is 19.6. The van der Waals surface area contributed by atoms with Crippen molar-refractivity contribution >= 4 is 23.2 Å². The SMILES string of the molecule is Cc1cccc(OCC(=O)NNC(=O)Cc2csc(-c3cccc(C)c3)n2)c1. The van der Waals surface area contributed by atoms with Crippen molar-refractivity contribution in [1.29, 1.82) is 0 Å². The molecule has 1 heterocycles. The predicted octanol–water partition coefficient (Wildman–Crippen LogP) is 3.20. The number of nitrogens with one attached hydrogen (secondary N) is 2. The van der Waals surface area contributed by atoms with Crippen molar-refractivity contribution in [3.63, 3.8) is 0 Å². The number of benzene rings is 2. The molecule has 0 saturated heterocycles. The zero-order valence-electron chi connectivity index (χ0n) is 15.7. The van der Waals surface area contributed by atoms with Crippen LogP contribution >= 0.6 is 11.3 Å². The first-order valence-corrected chi connectivity index (χ1v) is 9.66. The van der Waals surface area contributed by atoms with Crippen LogP contribution in [-0.2, 0) is 16.0 Å². The summed E-state index contributed by atoms with van der Waals surface area (Å²) in [5.41, 5.74) is 8.61. The number of carbonyl (C=O) groups is 2. The highest BCUT2D eigenvalue weighted by atomic mass is 32.1. The van der Waals surface area contributed by atoms with Gasteiger partial charge in [0.05, 0.1) is 12.1 Å². The van der Waals surface area contributed by atoms with Gasteiger partial charge in [0.25, 0.3) is 5.91 Å². The van der Waals surface area contributed by atoms with E-state index < -0.39 is 5.91 Å². The number of rotatable bonds is 6. The van der Waals surface area contributed by atoms with E-state index in [1.807, 2.05) is 55.6 Å². The largest absolute Gasteiger partial charge is 0.484 e. The summed E-state index contributed by atoms with van der Waals surface area (Å²) < 4.78 is 5.39. The second-order valence-electron chi connectivity index (χ2n) is 6.39. The summed E-state index contributed by atoms with van der Waals surface area (Å²) in [6.45, 7) is 3.78. The van der Waals surface area contributed by atoms with E-state index in [1.165, 1.54) is 11.3 Å². The molecule has 0 atom stereocenters. The lowest BCUT2D eigenvalue weighted by atomic mass is 10.1. The lowest BCUT2D eigenvalue weighted by Gasteiger charge is -2.08. The van der Waals surface area contributed by atoms with Gasteiger partial charge in [-0.15, -0.1) is 11.3 Å². The van der Waals surface area contributed by atoms with Gasteiger partial charge < -0.3 is 4.74 Å². The summed E-state index contributed by atoms with van der Waals surface area (Å²) in [7, 11) is 0. The summed E-state index contributed by atoms with van der Waals surface area (Å²) in [4.78, 5) is 28.3. The molecule has 1 aromatic heterocycles. The molecular formula is C21H21N3O3S. The molecule has 0 fully saturated rings. The first-order chi connectivity index (χ1) is 13.5. The van der Waals surface area contributed by atoms with Crippen LogP contribution in [0.5, 0.6) is 5.75 Å². The van der Waals surface area contributed by atoms with Crippen molar-refractivity contribution in [2.45, 2.75) is 20.3 Å². The van der Waals surface area contributed by atoms with Gasteiger partial charge in [0.15, 0.2) is 6.61 Å². The molecule has 2 N–H and O–H groups in total. The van der Waals surface area contributed by atoms with Crippen LogP contribution in [0.2, 0.25) is 0 Å². The fraction of sp³-hybridized carbons (Fsp3) is 0.190. The Kier molecular flexibility index (Phi) is 6.39. The minimum absolute atomic E-state index is 0.0847. The molecular weight excluding hydrogens is 374 g/mol.